The van der Waals surface area contributed by atoms with Crippen molar-refractivity contribution >= 4 is 28.4 Å². The van der Waals surface area contributed by atoms with Crippen LogP contribution in [0.4, 0.5) is 5.95 Å². The van der Waals surface area contributed by atoms with E-state index >= 15 is 0 Å². The van der Waals surface area contributed by atoms with E-state index in [9.17, 15) is 4.79 Å². The molecule has 0 radical (unpaired) electrons. The van der Waals surface area contributed by atoms with Crippen molar-refractivity contribution in [3.8, 4) is 17.1 Å². The van der Waals surface area contributed by atoms with E-state index in [1.165, 1.54) is 5.56 Å². The summed E-state index contributed by atoms with van der Waals surface area (Å²) in [4.78, 5) is 22.3. The van der Waals surface area contributed by atoms with Crippen LogP contribution in [0.3, 0.4) is 0 Å². The van der Waals surface area contributed by atoms with Crippen molar-refractivity contribution in [2.24, 2.45) is 0 Å². The number of fused-ring (bicyclic) bond motifs is 3. The van der Waals surface area contributed by atoms with Gasteiger partial charge in [0.15, 0.2) is 11.5 Å². The Bertz CT molecular complexity index is 1310. The first-order valence-corrected chi connectivity index (χ1v) is 11.4. The number of benzene rings is 2. The highest BCUT2D eigenvalue weighted by atomic mass is 16.5. The minimum Gasteiger partial charge on any atom is -0.497 e. The summed E-state index contributed by atoms with van der Waals surface area (Å²) in [7, 11) is 1.64. The topological polar surface area (TPSA) is 93.4 Å². The first-order chi connectivity index (χ1) is 16.0. The first-order valence-electron chi connectivity index (χ1n) is 11.4. The molecule has 1 unspecified atom stereocenters. The molecule has 1 fully saturated rings. The van der Waals surface area contributed by atoms with Gasteiger partial charge in [0.05, 0.1) is 12.6 Å². The molecule has 8 nitrogen and oxygen atoms in total. The molecule has 1 aliphatic rings. The fourth-order valence-electron chi connectivity index (χ4n) is 4.17. The number of anilines is 1. The molecule has 33 heavy (non-hydrogen) atoms. The van der Waals surface area contributed by atoms with Crippen molar-refractivity contribution in [3.05, 3.63) is 48.0 Å². The number of amides is 1. The minimum absolute atomic E-state index is 0.00630. The quantitative estimate of drug-likeness (QED) is 0.480. The molecule has 2 aromatic heterocycles. The fraction of sp³-hybridized carbons (Fsp3) is 0.360. The molecule has 1 saturated heterocycles. The van der Waals surface area contributed by atoms with E-state index < -0.39 is 0 Å². The number of nitrogens with zero attached hydrogens (tertiary/aromatic N) is 4. The molecular weight excluding hydrogens is 416 g/mol. The molecule has 1 atom stereocenters. The van der Waals surface area contributed by atoms with Crippen LogP contribution in [0.25, 0.3) is 27.9 Å². The summed E-state index contributed by atoms with van der Waals surface area (Å²) in [5.41, 5.74) is 3.62. The van der Waals surface area contributed by atoms with Gasteiger partial charge < -0.3 is 15.4 Å². The van der Waals surface area contributed by atoms with E-state index in [2.05, 4.69) is 36.6 Å². The molecule has 2 aromatic carbocycles. The van der Waals surface area contributed by atoms with Crippen LogP contribution in [-0.4, -0.2) is 45.2 Å². The summed E-state index contributed by atoms with van der Waals surface area (Å²) < 4.78 is 7.00. The molecule has 2 N–H and O–H groups in total. The second-order valence-corrected chi connectivity index (χ2v) is 8.75. The largest absolute Gasteiger partial charge is 0.497 e. The van der Waals surface area contributed by atoms with Crippen molar-refractivity contribution in [2.45, 2.75) is 45.1 Å². The Hall–Kier alpha value is -3.68. The van der Waals surface area contributed by atoms with Crippen molar-refractivity contribution in [3.63, 3.8) is 0 Å². The Morgan fingerprint density at radius 1 is 1.12 bits per heavy atom. The number of nitrogens with one attached hydrogen (secondary N) is 2. The number of carbonyl (C=O) groups excluding carboxylic acids is 1. The van der Waals surface area contributed by atoms with Gasteiger partial charge >= 0.3 is 0 Å². The van der Waals surface area contributed by atoms with Gasteiger partial charge in [-0.1, -0.05) is 19.9 Å². The normalized spacial score (nSPS) is 16.7. The smallest absolute Gasteiger partial charge is 0.242 e. The van der Waals surface area contributed by atoms with Crippen molar-refractivity contribution in [1.29, 1.82) is 0 Å². The number of hydrogen-bond donors (Lipinski definition) is 2. The predicted octanol–water partition coefficient (Wildman–Crippen LogP) is 4.16. The van der Waals surface area contributed by atoms with Gasteiger partial charge in [0.25, 0.3) is 0 Å². The Morgan fingerprint density at radius 3 is 2.70 bits per heavy atom. The molecule has 8 heteroatoms. The zero-order valence-corrected chi connectivity index (χ0v) is 19.1. The van der Waals surface area contributed by atoms with Gasteiger partial charge in [0.1, 0.15) is 11.8 Å². The highest BCUT2D eigenvalue weighted by Gasteiger charge is 2.23. The molecule has 170 valence electrons. The fourth-order valence-corrected chi connectivity index (χ4v) is 4.17. The van der Waals surface area contributed by atoms with Crippen molar-refractivity contribution in [2.75, 3.05) is 19.0 Å². The zero-order chi connectivity index (χ0) is 22.9. The molecule has 1 aliphatic heterocycles. The van der Waals surface area contributed by atoms with Crippen LogP contribution in [-0.2, 0) is 4.79 Å². The van der Waals surface area contributed by atoms with Gasteiger partial charge in [-0.3, -0.25) is 4.79 Å². The lowest BCUT2D eigenvalue weighted by Crippen LogP contribution is -2.38. The third-order valence-electron chi connectivity index (χ3n) is 6.15. The Morgan fingerprint density at radius 2 is 1.94 bits per heavy atom. The average molecular weight is 445 g/mol. The minimum atomic E-state index is -0.357. The molecule has 0 spiro atoms. The van der Waals surface area contributed by atoms with Crippen LogP contribution in [0, 0.1) is 0 Å². The van der Waals surface area contributed by atoms with Crippen LogP contribution < -0.4 is 15.4 Å². The van der Waals surface area contributed by atoms with Gasteiger partial charge in [0, 0.05) is 17.5 Å². The van der Waals surface area contributed by atoms with Crippen LogP contribution in [0.15, 0.2) is 42.5 Å². The zero-order valence-electron chi connectivity index (χ0n) is 19.1. The number of hydrogen-bond acceptors (Lipinski definition) is 6. The Kier molecular flexibility index (Phi) is 5.58. The highest BCUT2D eigenvalue weighted by molar-refractivity contribution is 5.94. The Labute approximate surface area is 192 Å². The van der Waals surface area contributed by atoms with Crippen molar-refractivity contribution in [1.82, 2.24) is 24.9 Å². The highest BCUT2D eigenvalue weighted by Crippen LogP contribution is 2.28. The number of aromatic nitrogens is 4. The first kappa shape index (κ1) is 21.2. The van der Waals surface area contributed by atoms with Gasteiger partial charge in [0.2, 0.25) is 11.9 Å². The number of rotatable bonds is 5. The van der Waals surface area contributed by atoms with Crippen LogP contribution in [0.2, 0.25) is 0 Å². The molecule has 0 aliphatic carbocycles. The number of carbonyl (C=O) groups is 1. The maximum atomic E-state index is 12.6. The maximum absolute atomic E-state index is 12.6. The van der Waals surface area contributed by atoms with Gasteiger partial charge in [-0.2, -0.15) is 4.52 Å². The van der Waals surface area contributed by atoms with E-state index in [1.54, 1.807) is 11.6 Å². The van der Waals surface area contributed by atoms with Gasteiger partial charge in [-0.15, -0.1) is 5.10 Å². The molecular formula is C25H28N6O2. The lowest BCUT2D eigenvalue weighted by molar-refractivity contribution is -0.121. The molecule has 0 bridgehead atoms. The third kappa shape index (κ3) is 4.08. The summed E-state index contributed by atoms with van der Waals surface area (Å²) in [5.74, 6) is 2.26. The lowest BCUT2D eigenvalue weighted by Gasteiger charge is -2.17. The van der Waals surface area contributed by atoms with Gasteiger partial charge in [-0.25, -0.2) is 9.97 Å². The number of ether oxygens (including phenoxy) is 1. The van der Waals surface area contributed by atoms with Gasteiger partial charge in [-0.05, 0) is 67.1 Å². The molecule has 4 aromatic rings. The van der Waals surface area contributed by atoms with Crippen LogP contribution in [0.1, 0.15) is 44.6 Å². The van der Waals surface area contributed by atoms with E-state index in [-0.39, 0.29) is 11.9 Å². The second kappa shape index (κ2) is 8.69. The molecule has 5 rings (SSSR count). The lowest BCUT2D eigenvalue weighted by atomic mass is 10.0. The SMILES string of the molecule is COc1ccc(-c2nc3c4cc(C(C)C)ccc4nc(NC4CCCCNC4=O)n3n2)cc1. The summed E-state index contributed by atoms with van der Waals surface area (Å²) in [6, 6.07) is 13.6. The molecule has 0 saturated carbocycles. The summed E-state index contributed by atoms with van der Waals surface area (Å²) >= 11 is 0. The van der Waals surface area contributed by atoms with Crippen molar-refractivity contribution < 1.29 is 9.53 Å². The monoisotopic (exact) mass is 444 g/mol. The molecule has 3 heterocycles. The van der Waals surface area contributed by atoms with Crippen LogP contribution in [0.5, 0.6) is 5.75 Å². The summed E-state index contributed by atoms with van der Waals surface area (Å²) in [5, 5.41) is 12.0. The summed E-state index contributed by atoms with van der Waals surface area (Å²) in [6.45, 7) is 5.04. The second-order valence-electron chi connectivity index (χ2n) is 8.75. The van der Waals surface area contributed by atoms with Crippen LogP contribution >= 0.6 is 0 Å². The van der Waals surface area contributed by atoms with E-state index in [4.69, 9.17) is 19.8 Å². The van der Waals surface area contributed by atoms with E-state index in [0.717, 1.165) is 41.5 Å². The predicted molar refractivity (Wildman–Crippen MR) is 129 cm³/mol. The van der Waals surface area contributed by atoms with E-state index in [0.29, 0.717) is 29.9 Å². The Balaban J connectivity index is 1.66. The average Bonchev–Trinajstić information content (AvgIpc) is 3.19. The summed E-state index contributed by atoms with van der Waals surface area (Å²) in [6.07, 6.45) is 2.70. The number of methoxy groups -OCH3 is 1. The van der Waals surface area contributed by atoms with E-state index in [1.807, 2.05) is 30.3 Å². The third-order valence-corrected chi connectivity index (χ3v) is 6.15. The molecule has 1 amide bonds. The standard InChI is InChI=1S/C25H28N6O2/c1-15(2)17-9-12-20-19(14-17)23-29-22(16-7-10-18(33-3)11-8-16)30-31(23)25(27-20)28-21-6-4-5-13-26-24(21)32/h7-12,14-15,21H,4-6,13H2,1-3H3,(H,26,32)(H,27,28). The maximum Gasteiger partial charge on any atom is 0.242 e.